The molecule has 0 radical (unpaired) electrons. The standard InChI is InChI=1S/C21H22N2O4/c1-13-6-7-17(14(2)8-13)23-12-16(11-22-23)20(24)15-9-18(25-3)21(27-5)19(10-15)26-4/h6-12H,1-5H3. The molecule has 0 aliphatic rings. The molecule has 0 saturated heterocycles. The monoisotopic (exact) mass is 366 g/mol. The van der Waals surface area contributed by atoms with Crippen LogP contribution < -0.4 is 14.2 Å². The Morgan fingerprint density at radius 1 is 0.926 bits per heavy atom. The molecule has 140 valence electrons. The van der Waals surface area contributed by atoms with E-state index < -0.39 is 0 Å². The van der Waals surface area contributed by atoms with E-state index in [1.807, 2.05) is 26.0 Å². The van der Waals surface area contributed by atoms with Gasteiger partial charge in [-0.15, -0.1) is 0 Å². The van der Waals surface area contributed by atoms with Gasteiger partial charge in [0.15, 0.2) is 17.3 Å². The molecule has 1 heterocycles. The Balaban J connectivity index is 1.99. The number of nitrogens with zero attached hydrogens (tertiary/aromatic N) is 2. The first-order valence-electron chi connectivity index (χ1n) is 8.45. The van der Waals surface area contributed by atoms with Crippen LogP contribution in [0.5, 0.6) is 17.2 Å². The Bertz CT molecular complexity index is 967. The third-order valence-corrected chi connectivity index (χ3v) is 4.37. The number of ketones is 1. The number of hydrogen-bond donors (Lipinski definition) is 0. The van der Waals surface area contributed by atoms with Gasteiger partial charge < -0.3 is 14.2 Å². The van der Waals surface area contributed by atoms with Crippen LogP contribution in [0.3, 0.4) is 0 Å². The van der Waals surface area contributed by atoms with Crippen LogP contribution in [0.15, 0.2) is 42.7 Å². The SMILES string of the molecule is COc1cc(C(=O)c2cnn(-c3ccc(C)cc3C)c2)cc(OC)c1OC. The Hall–Kier alpha value is -3.28. The van der Waals surface area contributed by atoms with Crippen LogP contribution in [0, 0.1) is 13.8 Å². The van der Waals surface area contributed by atoms with Crippen molar-refractivity contribution in [2.45, 2.75) is 13.8 Å². The van der Waals surface area contributed by atoms with Crippen LogP contribution in [-0.2, 0) is 0 Å². The second-order valence-electron chi connectivity index (χ2n) is 6.21. The van der Waals surface area contributed by atoms with Gasteiger partial charge in [0.2, 0.25) is 5.75 Å². The lowest BCUT2D eigenvalue weighted by Gasteiger charge is -2.13. The van der Waals surface area contributed by atoms with E-state index in [1.54, 1.807) is 29.2 Å². The lowest BCUT2D eigenvalue weighted by atomic mass is 10.1. The average molecular weight is 366 g/mol. The van der Waals surface area contributed by atoms with Gasteiger partial charge in [-0.05, 0) is 37.6 Å². The maximum Gasteiger partial charge on any atom is 0.203 e. The zero-order valence-corrected chi connectivity index (χ0v) is 16.1. The predicted molar refractivity (Wildman–Crippen MR) is 103 cm³/mol. The number of aromatic nitrogens is 2. The van der Waals surface area contributed by atoms with Crippen molar-refractivity contribution in [3.05, 3.63) is 65.0 Å². The van der Waals surface area contributed by atoms with E-state index in [1.165, 1.54) is 26.9 Å². The Labute approximate surface area is 158 Å². The van der Waals surface area contributed by atoms with Crippen LogP contribution in [-0.4, -0.2) is 36.9 Å². The lowest BCUT2D eigenvalue weighted by Crippen LogP contribution is -2.03. The first kappa shape index (κ1) is 18.5. The molecule has 3 aromatic rings. The molecular formula is C21H22N2O4. The molecule has 0 aliphatic carbocycles. The van der Waals surface area contributed by atoms with E-state index in [9.17, 15) is 4.79 Å². The van der Waals surface area contributed by atoms with Crippen LogP contribution >= 0.6 is 0 Å². The number of methoxy groups -OCH3 is 3. The fourth-order valence-corrected chi connectivity index (χ4v) is 3.01. The molecule has 0 atom stereocenters. The zero-order chi connectivity index (χ0) is 19.6. The highest BCUT2D eigenvalue weighted by atomic mass is 16.5. The van der Waals surface area contributed by atoms with Crippen molar-refractivity contribution in [2.24, 2.45) is 0 Å². The van der Waals surface area contributed by atoms with Gasteiger partial charge in [0.05, 0.1) is 38.8 Å². The lowest BCUT2D eigenvalue weighted by molar-refractivity contribution is 0.103. The molecule has 3 rings (SSSR count). The van der Waals surface area contributed by atoms with Crippen molar-refractivity contribution >= 4 is 5.78 Å². The van der Waals surface area contributed by atoms with Crippen molar-refractivity contribution in [2.75, 3.05) is 21.3 Å². The number of ether oxygens (including phenoxy) is 3. The summed E-state index contributed by atoms with van der Waals surface area (Å²) in [6, 6.07) is 9.37. The maximum absolute atomic E-state index is 13.0. The highest BCUT2D eigenvalue weighted by molar-refractivity contribution is 6.09. The van der Waals surface area contributed by atoms with E-state index in [2.05, 4.69) is 11.2 Å². The van der Waals surface area contributed by atoms with E-state index in [-0.39, 0.29) is 5.78 Å². The van der Waals surface area contributed by atoms with Crippen molar-refractivity contribution in [1.82, 2.24) is 9.78 Å². The summed E-state index contributed by atoms with van der Waals surface area (Å²) >= 11 is 0. The van der Waals surface area contributed by atoms with Gasteiger partial charge >= 0.3 is 0 Å². The van der Waals surface area contributed by atoms with Gasteiger partial charge in [0.1, 0.15) is 0 Å². The Morgan fingerprint density at radius 2 is 1.59 bits per heavy atom. The molecule has 0 unspecified atom stereocenters. The molecule has 0 fully saturated rings. The third-order valence-electron chi connectivity index (χ3n) is 4.37. The van der Waals surface area contributed by atoms with Crippen molar-refractivity contribution in [3.8, 4) is 22.9 Å². The molecule has 1 aromatic heterocycles. The van der Waals surface area contributed by atoms with E-state index >= 15 is 0 Å². The van der Waals surface area contributed by atoms with E-state index in [0.29, 0.717) is 28.4 Å². The molecule has 27 heavy (non-hydrogen) atoms. The molecule has 0 bridgehead atoms. The number of carbonyl (C=O) groups excluding carboxylic acids is 1. The quantitative estimate of drug-likeness (QED) is 0.622. The summed E-state index contributed by atoms with van der Waals surface area (Å²) < 4.78 is 17.7. The minimum atomic E-state index is -0.176. The highest BCUT2D eigenvalue weighted by Crippen LogP contribution is 2.38. The summed E-state index contributed by atoms with van der Waals surface area (Å²) in [6.07, 6.45) is 3.29. The predicted octanol–water partition coefficient (Wildman–Crippen LogP) is 3.75. The summed E-state index contributed by atoms with van der Waals surface area (Å²) in [4.78, 5) is 13.0. The summed E-state index contributed by atoms with van der Waals surface area (Å²) in [6.45, 7) is 4.06. The van der Waals surface area contributed by atoms with Gasteiger partial charge in [0, 0.05) is 11.8 Å². The summed E-state index contributed by atoms with van der Waals surface area (Å²) in [5.41, 5.74) is 4.11. The molecule has 0 amide bonds. The summed E-state index contributed by atoms with van der Waals surface area (Å²) in [7, 11) is 4.56. The fraction of sp³-hybridized carbons (Fsp3) is 0.238. The molecule has 0 spiro atoms. The van der Waals surface area contributed by atoms with Gasteiger partial charge in [-0.3, -0.25) is 4.79 Å². The van der Waals surface area contributed by atoms with Crippen LogP contribution in [0.25, 0.3) is 5.69 Å². The zero-order valence-electron chi connectivity index (χ0n) is 16.1. The van der Waals surface area contributed by atoms with Crippen molar-refractivity contribution in [3.63, 3.8) is 0 Å². The van der Waals surface area contributed by atoms with Gasteiger partial charge in [-0.1, -0.05) is 17.7 Å². The van der Waals surface area contributed by atoms with Crippen LogP contribution in [0.2, 0.25) is 0 Å². The van der Waals surface area contributed by atoms with Gasteiger partial charge in [-0.2, -0.15) is 5.10 Å². The highest BCUT2D eigenvalue weighted by Gasteiger charge is 2.19. The number of hydrogen-bond acceptors (Lipinski definition) is 5. The molecule has 6 nitrogen and oxygen atoms in total. The number of aryl methyl sites for hydroxylation is 2. The number of rotatable bonds is 6. The molecular weight excluding hydrogens is 344 g/mol. The normalized spacial score (nSPS) is 10.6. The van der Waals surface area contributed by atoms with Crippen LogP contribution in [0.1, 0.15) is 27.0 Å². The molecule has 0 aliphatic heterocycles. The third kappa shape index (κ3) is 3.51. The molecule has 6 heteroatoms. The number of benzene rings is 2. The topological polar surface area (TPSA) is 62.6 Å². The Morgan fingerprint density at radius 3 is 2.15 bits per heavy atom. The first-order chi connectivity index (χ1) is 13.0. The van der Waals surface area contributed by atoms with Crippen molar-refractivity contribution < 1.29 is 19.0 Å². The largest absolute Gasteiger partial charge is 0.493 e. The summed E-state index contributed by atoms with van der Waals surface area (Å²) in [5.74, 6) is 1.14. The minimum Gasteiger partial charge on any atom is -0.493 e. The van der Waals surface area contributed by atoms with Crippen molar-refractivity contribution in [1.29, 1.82) is 0 Å². The maximum atomic E-state index is 13.0. The molecule has 0 N–H and O–H groups in total. The van der Waals surface area contributed by atoms with Gasteiger partial charge in [-0.25, -0.2) is 4.68 Å². The second-order valence-corrected chi connectivity index (χ2v) is 6.21. The minimum absolute atomic E-state index is 0.176. The van der Waals surface area contributed by atoms with Crippen LogP contribution in [0.4, 0.5) is 0 Å². The Kier molecular flexibility index (Phi) is 5.16. The smallest absolute Gasteiger partial charge is 0.203 e. The summed E-state index contributed by atoms with van der Waals surface area (Å²) in [5, 5.41) is 4.35. The molecule has 2 aromatic carbocycles. The second kappa shape index (κ2) is 7.53. The van der Waals surface area contributed by atoms with E-state index in [4.69, 9.17) is 14.2 Å². The molecule has 0 saturated carbocycles. The number of carbonyl (C=O) groups is 1. The first-order valence-corrected chi connectivity index (χ1v) is 8.45. The fourth-order valence-electron chi connectivity index (χ4n) is 3.01. The van der Waals surface area contributed by atoms with Gasteiger partial charge in [0.25, 0.3) is 0 Å². The average Bonchev–Trinajstić information content (AvgIpc) is 3.15. The van der Waals surface area contributed by atoms with E-state index in [0.717, 1.165) is 11.3 Å².